The highest BCUT2D eigenvalue weighted by Crippen LogP contribution is 2.30. The van der Waals surface area contributed by atoms with E-state index in [0.29, 0.717) is 22.1 Å². The van der Waals surface area contributed by atoms with Crippen LogP contribution in [0.15, 0.2) is 42.5 Å². The monoisotopic (exact) mass is 409 g/mol. The van der Waals surface area contributed by atoms with E-state index in [4.69, 9.17) is 21.1 Å². The fourth-order valence-corrected chi connectivity index (χ4v) is 4.18. The number of carbonyl (C=O) groups is 1. The lowest BCUT2D eigenvalue weighted by Gasteiger charge is -2.27. The Morgan fingerprint density at radius 2 is 1.81 bits per heavy atom. The van der Waals surface area contributed by atoms with Gasteiger partial charge in [0.05, 0.1) is 18.6 Å². The molecule has 8 heteroatoms. The predicted molar refractivity (Wildman–Crippen MR) is 103 cm³/mol. The number of benzene rings is 2. The van der Waals surface area contributed by atoms with E-state index in [1.807, 2.05) is 18.2 Å². The molecule has 1 fully saturated rings. The van der Waals surface area contributed by atoms with Gasteiger partial charge in [0.2, 0.25) is 0 Å². The SMILES string of the molecule is COc1cc(C(=O)N2CCS(=O)(=O)CC2)ccc1OCc1ccccc1Cl. The second kappa shape index (κ2) is 8.19. The first-order valence-corrected chi connectivity index (χ1v) is 10.6. The number of ether oxygens (including phenoxy) is 2. The first kappa shape index (κ1) is 19.5. The minimum atomic E-state index is -3.04. The van der Waals surface area contributed by atoms with Crippen molar-refractivity contribution in [1.29, 1.82) is 0 Å². The third-order valence-corrected chi connectivity index (χ3v) is 6.36. The molecule has 0 bridgehead atoms. The molecule has 3 rings (SSSR count). The first-order valence-electron chi connectivity index (χ1n) is 8.43. The van der Waals surface area contributed by atoms with Crippen LogP contribution in [-0.4, -0.2) is 50.9 Å². The van der Waals surface area contributed by atoms with Crippen molar-refractivity contribution in [3.05, 3.63) is 58.6 Å². The van der Waals surface area contributed by atoms with E-state index < -0.39 is 9.84 Å². The maximum atomic E-state index is 12.6. The Morgan fingerprint density at radius 3 is 2.48 bits per heavy atom. The maximum absolute atomic E-state index is 12.6. The molecule has 144 valence electrons. The van der Waals surface area contributed by atoms with Crippen molar-refractivity contribution in [3.63, 3.8) is 0 Å². The van der Waals surface area contributed by atoms with E-state index in [9.17, 15) is 13.2 Å². The van der Waals surface area contributed by atoms with Crippen molar-refractivity contribution in [3.8, 4) is 11.5 Å². The molecule has 0 saturated carbocycles. The Balaban J connectivity index is 1.72. The van der Waals surface area contributed by atoms with Gasteiger partial charge in [0.15, 0.2) is 21.3 Å². The van der Waals surface area contributed by atoms with E-state index in [-0.39, 0.29) is 37.1 Å². The number of hydrogen-bond donors (Lipinski definition) is 0. The average molecular weight is 410 g/mol. The van der Waals surface area contributed by atoms with Gasteiger partial charge in [0.1, 0.15) is 6.61 Å². The predicted octanol–water partition coefficient (Wildman–Crippen LogP) is 2.80. The van der Waals surface area contributed by atoms with Gasteiger partial charge in [-0.25, -0.2) is 8.42 Å². The summed E-state index contributed by atoms with van der Waals surface area (Å²) >= 11 is 6.13. The number of halogens is 1. The van der Waals surface area contributed by atoms with Crippen LogP contribution in [0.1, 0.15) is 15.9 Å². The van der Waals surface area contributed by atoms with Gasteiger partial charge in [0.25, 0.3) is 5.91 Å². The van der Waals surface area contributed by atoms with E-state index in [1.54, 1.807) is 29.2 Å². The molecule has 0 atom stereocenters. The standard InChI is InChI=1S/C19H20ClNO5S/c1-25-18-12-14(19(22)21-8-10-27(23,24)11-9-21)6-7-17(18)26-13-15-4-2-3-5-16(15)20/h2-7,12H,8-11,13H2,1H3. The molecule has 0 aliphatic carbocycles. The van der Waals surface area contributed by atoms with E-state index in [1.165, 1.54) is 7.11 Å². The summed E-state index contributed by atoms with van der Waals surface area (Å²) in [4.78, 5) is 14.2. The molecule has 1 aliphatic heterocycles. The summed E-state index contributed by atoms with van der Waals surface area (Å²) in [6.07, 6.45) is 0. The van der Waals surface area contributed by atoms with Gasteiger partial charge in [-0.05, 0) is 24.3 Å². The highest BCUT2D eigenvalue weighted by Gasteiger charge is 2.26. The molecule has 2 aromatic carbocycles. The highest BCUT2D eigenvalue weighted by atomic mass is 35.5. The van der Waals surface area contributed by atoms with Gasteiger partial charge in [-0.3, -0.25) is 4.79 Å². The van der Waals surface area contributed by atoms with Crippen LogP contribution in [0.2, 0.25) is 5.02 Å². The molecular weight excluding hydrogens is 390 g/mol. The van der Waals surface area contributed by atoms with Gasteiger partial charge < -0.3 is 14.4 Å². The Kier molecular flexibility index (Phi) is 5.92. The molecule has 1 aliphatic rings. The molecule has 0 N–H and O–H groups in total. The van der Waals surface area contributed by atoms with Gasteiger partial charge in [0, 0.05) is 29.2 Å². The van der Waals surface area contributed by atoms with Gasteiger partial charge in [-0.2, -0.15) is 0 Å². The number of nitrogens with zero attached hydrogens (tertiary/aromatic N) is 1. The van der Waals surface area contributed by atoms with Crippen molar-refractivity contribution >= 4 is 27.3 Å². The second-order valence-electron chi connectivity index (χ2n) is 6.19. The topological polar surface area (TPSA) is 72.9 Å². The Bertz CT molecular complexity index is 931. The average Bonchev–Trinajstić information content (AvgIpc) is 2.67. The van der Waals surface area contributed by atoms with Crippen LogP contribution in [0.5, 0.6) is 11.5 Å². The van der Waals surface area contributed by atoms with Crippen LogP contribution in [0.3, 0.4) is 0 Å². The van der Waals surface area contributed by atoms with Crippen molar-refractivity contribution in [2.45, 2.75) is 6.61 Å². The number of rotatable bonds is 5. The van der Waals surface area contributed by atoms with E-state index in [2.05, 4.69) is 0 Å². The molecule has 27 heavy (non-hydrogen) atoms. The number of amides is 1. The lowest BCUT2D eigenvalue weighted by Crippen LogP contribution is -2.43. The van der Waals surface area contributed by atoms with Crippen molar-refractivity contribution in [2.75, 3.05) is 31.7 Å². The molecule has 0 spiro atoms. The third kappa shape index (κ3) is 4.73. The summed E-state index contributed by atoms with van der Waals surface area (Å²) in [5.41, 5.74) is 1.27. The van der Waals surface area contributed by atoms with Crippen LogP contribution in [0, 0.1) is 0 Å². The fraction of sp³-hybridized carbons (Fsp3) is 0.316. The van der Waals surface area contributed by atoms with Gasteiger partial charge >= 0.3 is 0 Å². The third-order valence-electron chi connectivity index (χ3n) is 4.38. The van der Waals surface area contributed by atoms with Gasteiger partial charge in [-0.15, -0.1) is 0 Å². The maximum Gasteiger partial charge on any atom is 0.254 e. The Hall–Kier alpha value is -2.25. The molecule has 1 heterocycles. The molecule has 1 saturated heterocycles. The minimum absolute atomic E-state index is 0.00505. The summed E-state index contributed by atoms with van der Waals surface area (Å²) in [6.45, 7) is 0.676. The fourth-order valence-electron chi connectivity index (χ4n) is 2.79. The van der Waals surface area contributed by atoms with Crippen molar-refractivity contribution in [1.82, 2.24) is 4.90 Å². The summed E-state index contributed by atoms with van der Waals surface area (Å²) in [5, 5.41) is 0.614. The summed E-state index contributed by atoms with van der Waals surface area (Å²) in [5.74, 6) is 0.692. The zero-order valence-corrected chi connectivity index (χ0v) is 16.4. The molecular formula is C19H20ClNO5S. The molecule has 2 aromatic rings. The highest BCUT2D eigenvalue weighted by molar-refractivity contribution is 7.91. The Labute approximate surface area is 163 Å². The minimum Gasteiger partial charge on any atom is -0.493 e. The summed E-state index contributed by atoms with van der Waals surface area (Å²) < 4.78 is 34.2. The molecule has 1 amide bonds. The second-order valence-corrected chi connectivity index (χ2v) is 8.90. The van der Waals surface area contributed by atoms with E-state index in [0.717, 1.165) is 5.56 Å². The van der Waals surface area contributed by atoms with Gasteiger partial charge in [-0.1, -0.05) is 29.8 Å². The molecule has 6 nitrogen and oxygen atoms in total. The van der Waals surface area contributed by atoms with Crippen LogP contribution < -0.4 is 9.47 Å². The zero-order chi connectivity index (χ0) is 19.4. The van der Waals surface area contributed by atoms with E-state index >= 15 is 0 Å². The van der Waals surface area contributed by atoms with Crippen LogP contribution >= 0.6 is 11.6 Å². The largest absolute Gasteiger partial charge is 0.493 e. The first-order chi connectivity index (χ1) is 12.9. The number of carbonyl (C=O) groups excluding carboxylic acids is 1. The number of methoxy groups -OCH3 is 1. The number of hydrogen-bond acceptors (Lipinski definition) is 5. The molecule has 0 unspecified atom stereocenters. The zero-order valence-electron chi connectivity index (χ0n) is 14.9. The lowest BCUT2D eigenvalue weighted by molar-refractivity contribution is 0.0770. The normalized spacial score (nSPS) is 16.0. The quantitative estimate of drug-likeness (QED) is 0.759. The van der Waals surface area contributed by atoms with Crippen LogP contribution in [0.25, 0.3) is 0 Å². The van der Waals surface area contributed by atoms with Crippen molar-refractivity contribution < 1.29 is 22.7 Å². The number of sulfone groups is 1. The smallest absolute Gasteiger partial charge is 0.254 e. The van der Waals surface area contributed by atoms with Crippen LogP contribution in [0.4, 0.5) is 0 Å². The van der Waals surface area contributed by atoms with Crippen molar-refractivity contribution in [2.24, 2.45) is 0 Å². The molecule has 0 aromatic heterocycles. The lowest BCUT2D eigenvalue weighted by atomic mass is 10.1. The summed E-state index contributed by atoms with van der Waals surface area (Å²) in [6, 6.07) is 12.3. The summed E-state index contributed by atoms with van der Waals surface area (Å²) in [7, 11) is -1.54. The van der Waals surface area contributed by atoms with Crippen LogP contribution in [-0.2, 0) is 16.4 Å². The Morgan fingerprint density at radius 1 is 1.11 bits per heavy atom. The molecule has 0 radical (unpaired) electrons.